The molecule has 5 N–H and O–H groups in total. The number of aliphatic hydroxyl groups is 1. The molecule has 0 aliphatic carbocycles. The summed E-state index contributed by atoms with van der Waals surface area (Å²) in [6.45, 7) is 4.58. The van der Waals surface area contributed by atoms with Crippen LogP contribution in [0.15, 0.2) is 91.3 Å². The van der Waals surface area contributed by atoms with Crippen molar-refractivity contribution in [3.63, 3.8) is 0 Å². The van der Waals surface area contributed by atoms with Crippen molar-refractivity contribution < 1.29 is 29.0 Å². The monoisotopic (exact) mass is 800 g/mol. The summed E-state index contributed by atoms with van der Waals surface area (Å²) >= 11 is 0. The number of piperidine rings is 1. The lowest BCUT2D eigenvalue weighted by molar-refractivity contribution is -0.135. The number of aromatic nitrogens is 4. The Balaban J connectivity index is 0.885. The van der Waals surface area contributed by atoms with Gasteiger partial charge in [0.05, 0.1) is 49.0 Å². The number of likely N-dealkylation sites (tertiary alicyclic amines) is 1. The van der Waals surface area contributed by atoms with Crippen molar-refractivity contribution in [3.05, 3.63) is 108 Å². The van der Waals surface area contributed by atoms with Gasteiger partial charge in [-0.15, -0.1) is 0 Å². The van der Waals surface area contributed by atoms with E-state index in [9.17, 15) is 19.5 Å². The topological polar surface area (TPSA) is 178 Å². The number of aromatic amines is 2. The predicted octanol–water partition coefficient (Wildman–Crippen LogP) is 7.09. The fourth-order valence-electron chi connectivity index (χ4n) is 8.85. The van der Waals surface area contributed by atoms with E-state index in [0.29, 0.717) is 13.0 Å². The van der Waals surface area contributed by atoms with Crippen molar-refractivity contribution >= 4 is 18.1 Å². The molecule has 5 heterocycles. The van der Waals surface area contributed by atoms with Gasteiger partial charge in [-0.3, -0.25) is 9.69 Å². The van der Waals surface area contributed by atoms with E-state index in [-0.39, 0.29) is 36.6 Å². The highest BCUT2D eigenvalue weighted by molar-refractivity contribution is 5.86. The van der Waals surface area contributed by atoms with Crippen LogP contribution in [0.2, 0.25) is 0 Å². The van der Waals surface area contributed by atoms with E-state index in [1.807, 2.05) is 61.5 Å². The van der Waals surface area contributed by atoms with Crippen LogP contribution in [-0.4, -0.2) is 90.9 Å². The van der Waals surface area contributed by atoms with Gasteiger partial charge in [0, 0.05) is 12.6 Å². The number of hydrogen-bond acceptors (Lipinski definition) is 9. The van der Waals surface area contributed by atoms with Gasteiger partial charge in [-0.2, -0.15) is 0 Å². The van der Waals surface area contributed by atoms with Crippen molar-refractivity contribution in [2.45, 2.75) is 95.4 Å². The highest BCUT2D eigenvalue weighted by atomic mass is 16.5. The summed E-state index contributed by atoms with van der Waals surface area (Å²) in [6.07, 6.45) is 6.65. The summed E-state index contributed by atoms with van der Waals surface area (Å²) < 4.78 is 10.2. The van der Waals surface area contributed by atoms with E-state index in [4.69, 9.17) is 14.5 Å². The molecule has 3 fully saturated rings. The largest absolute Gasteiger partial charge is 0.453 e. The van der Waals surface area contributed by atoms with Gasteiger partial charge in [0.25, 0.3) is 0 Å². The number of rotatable bonds is 11. The second-order valence-electron chi connectivity index (χ2n) is 16.1. The van der Waals surface area contributed by atoms with Gasteiger partial charge in [0.2, 0.25) is 5.91 Å². The number of methoxy groups -OCH3 is 1. The number of aliphatic hydroxyl groups excluding tert-OH is 1. The first-order valence-corrected chi connectivity index (χ1v) is 20.6. The number of alkyl carbamates (subject to hydrolysis) is 2. The van der Waals surface area contributed by atoms with Crippen LogP contribution < -0.4 is 10.6 Å². The average Bonchev–Trinajstić information content (AvgIpc) is 4.10. The molecule has 3 saturated heterocycles. The second-order valence-corrected chi connectivity index (χ2v) is 16.1. The molecule has 3 aromatic carbocycles. The van der Waals surface area contributed by atoms with Gasteiger partial charge in [-0.05, 0) is 72.3 Å². The third kappa shape index (κ3) is 8.60. The van der Waals surface area contributed by atoms with Crippen molar-refractivity contribution in [2.75, 3.05) is 13.7 Å². The lowest BCUT2D eigenvalue weighted by atomic mass is 9.97. The number of benzene rings is 3. The zero-order chi connectivity index (χ0) is 41.0. The van der Waals surface area contributed by atoms with Crippen LogP contribution in [0.5, 0.6) is 0 Å². The maximum atomic E-state index is 13.6. The molecule has 14 heteroatoms. The van der Waals surface area contributed by atoms with E-state index in [0.717, 1.165) is 83.0 Å². The Kier molecular flexibility index (Phi) is 11.8. The summed E-state index contributed by atoms with van der Waals surface area (Å²) in [7, 11) is 1.29. The predicted molar refractivity (Wildman–Crippen MR) is 221 cm³/mol. The molecule has 6 atom stereocenters. The first-order valence-electron chi connectivity index (χ1n) is 20.6. The molecule has 3 amide bonds. The summed E-state index contributed by atoms with van der Waals surface area (Å²) in [6, 6.07) is 25.0. The SMILES string of the molecule is COC(=O)NC(C(=O)N1CCCC1c1ncc(-c2ccc(-c3ccc(-c4cnc(C5CCC6CCC(NC(=O)OCc7ccccc7)C(O)N65)[nH]4)cc3)cc2)[nH]1)C(C)C. The van der Waals surface area contributed by atoms with Crippen LogP contribution in [-0.2, 0) is 20.9 Å². The van der Waals surface area contributed by atoms with E-state index in [2.05, 4.69) is 79.0 Å². The zero-order valence-corrected chi connectivity index (χ0v) is 33.6. The normalized spacial score (nSPS) is 22.2. The van der Waals surface area contributed by atoms with Crippen LogP contribution in [0.1, 0.15) is 81.7 Å². The Bertz CT molecular complexity index is 2220. The van der Waals surface area contributed by atoms with Gasteiger partial charge in [-0.25, -0.2) is 19.6 Å². The summed E-state index contributed by atoms with van der Waals surface area (Å²) in [5.41, 5.74) is 6.79. The maximum Gasteiger partial charge on any atom is 0.407 e. The Hall–Kier alpha value is -5.99. The maximum absolute atomic E-state index is 13.6. The molecule has 59 heavy (non-hydrogen) atoms. The van der Waals surface area contributed by atoms with E-state index in [1.54, 1.807) is 0 Å². The highest BCUT2D eigenvalue weighted by Gasteiger charge is 2.46. The molecule has 3 aliphatic heterocycles. The Morgan fingerprint density at radius 3 is 1.98 bits per heavy atom. The molecule has 0 spiro atoms. The fourth-order valence-corrected chi connectivity index (χ4v) is 8.85. The van der Waals surface area contributed by atoms with Crippen LogP contribution >= 0.6 is 0 Å². The molecule has 308 valence electrons. The number of carbonyl (C=O) groups is 3. The van der Waals surface area contributed by atoms with E-state index in [1.165, 1.54) is 7.11 Å². The average molecular weight is 801 g/mol. The first kappa shape index (κ1) is 39.8. The van der Waals surface area contributed by atoms with E-state index >= 15 is 0 Å². The van der Waals surface area contributed by atoms with E-state index < -0.39 is 30.5 Å². The van der Waals surface area contributed by atoms with Gasteiger partial charge in [-0.1, -0.05) is 92.7 Å². The number of nitrogens with one attached hydrogen (secondary N) is 4. The quantitative estimate of drug-likeness (QED) is 0.0933. The number of ether oxygens (including phenoxy) is 2. The smallest absolute Gasteiger partial charge is 0.407 e. The molecular weight excluding hydrogens is 749 g/mol. The van der Waals surface area contributed by atoms with Gasteiger partial charge >= 0.3 is 12.2 Å². The standard InChI is InChI=1S/C45H52N8O6/c1-27(2)39(51-44(56)58-3)43(55)52-23-7-10-37(52)40-46-24-35(48-40)31-15-11-29(12-16-31)30-13-17-32(18-14-30)36-25-47-41(49-36)38-22-20-33-19-21-34(42(54)53(33)38)50-45(57)59-26-28-8-5-4-6-9-28/h4-6,8-9,11-18,24-25,27,33-34,37-39,42,54H,7,10,19-23,26H2,1-3H3,(H,46,48)(H,47,49)(H,50,57)(H,51,56). The molecule has 14 nitrogen and oxygen atoms in total. The Labute approximate surface area is 343 Å². The molecule has 0 saturated carbocycles. The number of amides is 3. The third-order valence-electron chi connectivity index (χ3n) is 12.0. The van der Waals surface area contributed by atoms with Crippen molar-refractivity contribution in [1.29, 1.82) is 0 Å². The lowest BCUT2D eigenvalue weighted by Crippen LogP contribution is -2.57. The number of carbonyl (C=O) groups excluding carboxylic acids is 3. The molecule has 5 aromatic rings. The van der Waals surface area contributed by atoms with Crippen LogP contribution in [0.25, 0.3) is 33.6 Å². The molecule has 3 aliphatic rings. The number of H-pyrrole nitrogens is 2. The summed E-state index contributed by atoms with van der Waals surface area (Å²) in [4.78, 5) is 58.5. The van der Waals surface area contributed by atoms with Crippen molar-refractivity contribution in [2.24, 2.45) is 5.92 Å². The zero-order valence-electron chi connectivity index (χ0n) is 33.6. The molecular formula is C45H52N8O6. The Morgan fingerprint density at radius 1 is 0.780 bits per heavy atom. The number of hydrogen-bond donors (Lipinski definition) is 5. The van der Waals surface area contributed by atoms with Crippen LogP contribution in [0.3, 0.4) is 0 Å². The van der Waals surface area contributed by atoms with Gasteiger partial charge < -0.3 is 40.1 Å². The number of imidazole rings is 2. The van der Waals surface area contributed by atoms with Gasteiger partial charge in [0.1, 0.15) is 30.5 Å². The minimum absolute atomic E-state index is 0.0930. The molecule has 6 unspecified atom stereocenters. The molecule has 0 bridgehead atoms. The summed E-state index contributed by atoms with van der Waals surface area (Å²) in [5.74, 6) is 1.29. The minimum atomic E-state index is -0.853. The lowest BCUT2D eigenvalue weighted by Gasteiger charge is -2.42. The first-order chi connectivity index (χ1) is 28.7. The van der Waals surface area contributed by atoms with Crippen LogP contribution in [0.4, 0.5) is 9.59 Å². The third-order valence-corrected chi connectivity index (χ3v) is 12.0. The Morgan fingerprint density at radius 2 is 1.37 bits per heavy atom. The highest BCUT2D eigenvalue weighted by Crippen LogP contribution is 2.42. The molecule has 2 aromatic heterocycles. The summed E-state index contributed by atoms with van der Waals surface area (Å²) in [5, 5.41) is 17.1. The molecule has 8 rings (SSSR count). The minimum Gasteiger partial charge on any atom is -0.453 e. The number of fused-ring (bicyclic) bond motifs is 1. The van der Waals surface area contributed by atoms with Gasteiger partial charge in [0.15, 0.2) is 0 Å². The fraction of sp³-hybridized carbons (Fsp3) is 0.400. The number of nitrogens with zero attached hydrogens (tertiary/aromatic N) is 4. The van der Waals surface area contributed by atoms with Crippen LogP contribution in [0, 0.1) is 5.92 Å². The molecule has 0 radical (unpaired) electrons. The van der Waals surface area contributed by atoms with Crippen molar-refractivity contribution in [3.8, 4) is 33.6 Å². The van der Waals surface area contributed by atoms with Crippen molar-refractivity contribution in [1.82, 2.24) is 40.4 Å². The second kappa shape index (κ2) is 17.5.